The Morgan fingerprint density at radius 1 is 0.805 bits per heavy atom. The lowest BCUT2D eigenvalue weighted by atomic mass is 10.1. The van der Waals surface area contributed by atoms with Crippen LogP contribution < -0.4 is 29.2 Å². The number of Topliss-reactive ketones (excluding diaryl/α,β-unsaturated/α-hetero) is 1. The number of sulfone groups is 1. The third-order valence-electron chi connectivity index (χ3n) is 6.82. The van der Waals surface area contributed by atoms with Gasteiger partial charge in [0, 0.05) is 22.5 Å². The normalized spacial score (nSPS) is 17.4. The van der Waals surface area contributed by atoms with E-state index in [0.717, 1.165) is 0 Å². The van der Waals surface area contributed by atoms with E-state index in [0.29, 0.717) is 45.5 Å². The van der Waals surface area contributed by atoms with Crippen LogP contribution in [0.25, 0.3) is 0 Å². The molecule has 1 saturated heterocycles. The highest BCUT2D eigenvalue weighted by molar-refractivity contribution is 7.91. The maximum absolute atomic E-state index is 13.3. The molecule has 12 heteroatoms. The Kier molecular flexibility index (Phi) is 9.04. The molecule has 0 saturated carbocycles. The molecule has 0 spiro atoms. The summed E-state index contributed by atoms with van der Waals surface area (Å²) < 4.78 is 45.7. The maximum Gasteiger partial charge on any atom is 0.255 e. The molecule has 3 aromatic carbocycles. The zero-order valence-electron chi connectivity index (χ0n) is 23.1. The van der Waals surface area contributed by atoms with Crippen molar-refractivity contribution in [1.29, 1.82) is 0 Å². The quantitative estimate of drug-likeness (QED) is 0.323. The first kappa shape index (κ1) is 29.7. The minimum absolute atomic E-state index is 0.204. The molecule has 0 radical (unpaired) electrons. The lowest BCUT2D eigenvalue weighted by molar-refractivity contribution is 0.0988. The molecule has 4 rings (SSSR count). The first-order chi connectivity index (χ1) is 19.6. The van der Waals surface area contributed by atoms with Crippen LogP contribution in [-0.2, 0) is 9.84 Å². The van der Waals surface area contributed by atoms with Gasteiger partial charge in [-0.3, -0.25) is 9.59 Å². The van der Waals surface area contributed by atoms with Crippen molar-refractivity contribution < 1.29 is 42.1 Å². The van der Waals surface area contributed by atoms with E-state index in [2.05, 4.69) is 5.32 Å². The highest BCUT2D eigenvalue weighted by Gasteiger charge is 2.41. The Balaban J connectivity index is 1.58. The molecular formula is C29H32N2O9S. The number of amides is 1. The number of nitrogens with zero attached hydrogens (tertiary/aromatic N) is 1. The van der Waals surface area contributed by atoms with E-state index in [1.165, 1.54) is 28.4 Å². The maximum atomic E-state index is 13.3. The standard InChI is InChI=1S/C29H32N2O9S/c1-37-25-11-5-18(13-27(25)39-3)23(32)15-31(22-16-41(35,36)17-24(22)33)21-9-7-20(8-10-21)30-29(34)19-6-12-26(38-2)28(14-19)40-4/h5-14,22,24,33H,15-17H2,1-4H3,(H,30,34)/t22-,24-/m0/s1. The van der Waals surface area contributed by atoms with Gasteiger partial charge >= 0.3 is 0 Å². The molecule has 3 aromatic rings. The highest BCUT2D eigenvalue weighted by Crippen LogP contribution is 2.31. The summed E-state index contributed by atoms with van der Waals surface area (Å²) in [5.74, 6) is 0.364. The van der Waals surface area contributed by atoms with Crippen LogP contribution in [0.4, 0.5) is 11.4 Å². The SMILES string of the molecule is COc1ccc(C(=O)CN(c2ccc(NC(=O)c3ccc(OC)c(OC)c3)cc2)[C@H]2CS(=O)(=O)C[C@@H]2O)cc1OC. The molecule has 41 heavy (non-hydrogen) atoms. The Morgan fingerprint density at radius 3 is 1.85 bits per heavy atom. The summed E-state index contributed by atoms with van der Waals surface area (Å²) in [6, 6.07) is 15.3. The zero-order chi connectivity index (χ0) is 29.7. The molecule has 1 heterocycles. The largest absolute Gasteiger partial charge is 0.493 e. The highest BCUT2D eigenvalue weighted by atomic mass is 32.2. The molecule has 1 fully saturated rings. The van der Waals surface area contributed by atoms with Crippen LogP contribution in [-0.4, -0.2) is 83.9 Å². The van der Waals surface area contributed by atoms with E-state index >= 15 is 0 Å². The summed E-state index contributed by atoms with van der Waals surface area (Å²) in [4.78, 5) is 27.8. The molecule has 1 aliphatic rings. The van der Waals surface area contributed by atoms with Crippen LogP contribution in [0, 0.1) is 0 Å². The van der Waals surface area contributed by atoms with Gasteiger partial charge in [0.15, 0.2) is 38.6 Å². The van der Waals surface area contributed by atoms with Gasteiger partial charge < -0.3 is 34.3 Å². The summed E-state index contributed by atoms with van der Waals surface area (Å²) in [6.45, 7) is -0.204. The number of methoxy groups -OCH3 is 4. The second-order valence-electron chi connectivity index (χ2n) is 9.40. The fourth-order valence-corrected chi connectivity index (χ4v) is 6.48. The minimum Gasteiger partial charge on any atom is -0.493 e. The second-order valence-corrected chi connectivity index (χ2v) is 11.6. The number of aliphatic hydroxyl groups excluding tert-OH is 1. The van der Waals surface area contributed by atoms with Gasteiger partial charge in [-0.2, -0.15) is 0 Å². The van der Waals surface area contributed by atoms with Crippen molar-refractivity contribution in [3.63, 3.8) is 0 Å². The monoisotopic (exact) mass is 584 g/mol. The Bertz CT molecular complexity index is 1520. The topological polar surface area (TPSA) is 141 Å². The molecule has 2 atom stereocenters. The van der Waals surface area contributed by atoms with Gasteiger partial charge in [-0.1, -0.05) is 0 Å². The zero-order valence-corrected chi connectivity index (χ0v) is 23.9. The molecule has 11 nitrogen and oxygen atoms in total. The van der Waals surface area contributed by atoms with Crippen LogP contribution in [0.15, 0.2) is 60.7 Å². The van der Waals surface area contributed by atoms with Crippen LogP contribution >= 0.6 is 0 Å². The Labute approximate surface area is 238 Å². The van der Waals surface area contributed by atoms with Crippen molar-refractivity contribution in [3.8, 4) is 23.0 Å². The first-order valence-corrected chi connectivity index (χ1v) is 14.4. The number of hydrogen-bond donors (Lipinski definition) is 2. The fourth-order valence-electron chi connectivity index (χ4n) is 4.68. The molecule has 0 bridgehead atoms. The predicted octanol–water partition coefficient (Wildman–Crippen LogP) is 2.82. The van der Waals surface area contributed by atoms with E-state index < -0.39 is 27.7 Å². The van der Waals surface area contributed by atoms with Gasteiger partial charge in [0.1, 0.15) is 0 Å². The van der Waals surface area contributed by atoms with Crippen molar-refractivity contribution in [1.82, 2.24) is 0 Å². The Hall–Kier alpha value is -4.29. The number of benzene rings is 3. The van der Waals surface area contributed by atoms with Gasteiger partial charge in [-0.15, -0.1) is 0 Å². The van der Waals surface area contributed by atoms with Gasteiger partial charge in [0.2, 0.25) is 0 Å². The molecule has 0 unspecified atom stereocenters. The molecular weight excluding hydrogens is 552 g/mol. The number of nitrogens with one attached hydrogen (secondary N) is 1. The second kappa shape index (κ2) is 12.5. The van der Waals surface area contributed by atoms with Gasteiger partial charge in [-0.05, 0) is 60.7 Å². The summed E-state index contributed by atoms with van der Waals surface area (Å²) >= 11 is 0. The summed E-state index contributed by atoms with van der Waals surface area (Å²) in [7, 11) is 2.43. The number of carbonyl (C=O) groups is 2. The molecule has 2 N–H and O–H groups in total. The van der Waals surface area contributed by atoms with E-state index in [1.54, 1.807) is 65.6 Å². The van der Waals surface area contributed by atoms with Gasteiger partial charge in [-0.25, -0.2) is 8.42 Å². The first-order valence-electron chi connectivity index (χ1n) is 12.6. The molecule has 1 amide bonds. The van der Waals surface area contributed by atoms with E-state index in [4.69, 9.17) is 18.9 Å². The number of ketones is 1. The van der Waals surface area contributed by atoms with Crippen molar-refractivity contribution in [2.24, 2.45) is 0 Å². The molecule has 0 aromatic heterocycles. The number of aliphatic hydroxyl groups is 1. The van der Waals surface area contributed by atoms with Crippen LogP contribution in [0.2, 0.25) is 0 Å². The third kappa shape index (κ3) is 6.72. The molecule has 0 aliphatic carbocycles. The molecule has 218 valence electrons. The molecule has 1 aliphatic heterocycles. The third-order valence-corrected chi connectivity index (χ3v) is 8.51. The van der Waals surface area contributed by atoms with Crippen molar-refractivity contribution in [2.75, 3.05) is 56.7 Å². The van der Waals surface area contributed by atoms with Crippen LogP contribution in [0.5, 0.6) is 23.0 Å². The number of carbonyl (C=O) groups excluding carboxylic acids is 2. The lowest BCUT2D eigenvalue weighted by Crippen LogP contribution is -2.46. The van der Waals surface area contributed by atoms with Crippen molar-refractivity contribution in [2.45, 2.75) is 12.1 Å². The average molecular weight is 585 g/mol. The summed E-state index contributed by atoms with van der Waals surface area (Å²) in [5, 5.41) is 13.4. The Morgan fingerprint density at radius 2 is 1.34 bits per heavy atom. The van der Waals surface area contributed by atoms with Gasteiger partial charge in [0.05, 0.1) is 58.6 Å². The van der Waals surface area contributed by atoms with E-state index in [1.807, 2.05) is 0 Å². The lowest BCUT2D eigenvalue weighted by Gasteiger charge is -2.32. The summed E-state index contributed by atoms with van der Waals surface area (Å²) in [6.07, 6.45) is -1.18. The predicted molar refractivity (Wildman–Crippen MR) is 154 cm³/mol. The van der Waals surface area contributed by atoms with Crippen molar-refractivity contribution in [3.05, 3.63) is 71.8 Å². The number of anilines is 2. The number of rotatable bonds is 11. The fraction of sp³-hybridized carbons (Fsp3) is 0.310. The average Bonchev–Trinajstić information content (AvgIpc) is 3.26. The van der Waals surface area contributed by atoms with E-state index in [9.17, 15) is 23.1 Å². The van der Waals surface area contributed by atoms with Crippen LogP contribution in [0.3, 0.4) is 0 Å². The number of ether oxygens (including phenoxy) is 4. The van der Waals surface area contributed by atoms with Crippen molar-refractivity contribution >= 4 is 32.9 Å². The summed E-state index contributed by atoms with van der Waals surface area (Å²) in [5.41, 5.74) is 1.67. The number of hydrogen-bond acceptors (Lipinski definition) is 10. The van der Waals surface area contributed by atoms with Gasteiger partial charge in [0.25, 0.3) is 5.91 Å². The van der Waals surface area contributed by atoms with Crippen LogP contribution in [0.1, 0.15) is 20.7 Å². The van der Waals surface area contributed by atoms with E-state index in [-0.39, 0.29) is 24.0 Å². The smallest absolute Gasteiger partial charge is 0.255 e. The minimum atomic E-state index is -3.50.